The van der Waals surface area contributed by atoms with Crippen LogP contribution in [0.5, 0.6) is 5.75 Å². The average molecular weight is 371 g/mol. The van der Waals surface area contributed by atoms with Crippen LogP contribution < -0.4 is 9.74 Å². The van der Waals surface area contributed by atoms with Crippen LogP contribution in [0.3, 0.4) is 0 Å². The summed E-state index contributed by atoms with van der Waals surface area (Å²) in [5, 5.41) is 0.468. The molecule has 0 aliphatic rings. The highest BCUT2D eigenvalue weighted by atomic mass is 35.5. The van der Waals surface area contributed by atoms with Crippen LogP contribution in [0.4, 0.5) is 0 Å². The van der Waals surface area contributed by atoms with E-state index in [1.807, 2.05) is 0 Å². The Morgan fingerprint density at radius 2 is 1.96 bits per heavy atom. The van der Waals surface area contributed by atoms with Crippen molar-refractivity contribution < 1.29 is 8.39 Å². The Kier molecular flexibility index (Phi) is 4.29. The van der Waals surface area contributed by atoms with Gasteiger partial charge in [-0.15, -0.1) is 0 Å². The summed E-state index contributed by atoms with van der Waals surface area (Å²) in [6.45, 7) is 0. The molecule has 1 atom stereocenters. The standard InChI is InChI=1S/C13H8Cl2N4O3S/c1-23(21)22-11-8(9-7(15)4-6(14)5-18-9)13(20)19-12-10(11)16-2-3-17-12/h2-5H,1H3,(H,17,19,20). The van der Waals surface area contributed by atoms with Crippen LogP contribution in [0, 0.1) is 0 Å². The summed E-state index contributed by atoms with van der Waals surface area (Å²) in [7, 11) is 0. The molecular weight excluding hydrogens is 363 g/mol. The summed E-state index contributed by atoms with van der Waals surface area (Å²) in [5.74, 6) is -0.00518. The number of hydrogen-bond acceptors (Lipinski definition) is 6. The van der Waals surface area contributed by atoms with E-state index in [9.17, 15) is 9.00 Å². The Labute approximate surface area is 142 Å². The number of H-pyrrole nitrogens is 1. The minimum atomic E-state index is -1.69. The van der Waals surface area contributed by atoms with Gasteiger partial charge in [0.25, 0.3) is 5.56 Å². The Bertz CT molecular complexity index is 993. The van der Waals surface area contributed by atoms with Gasteiger partial charge in [-0.05, 0) is 6.07 Å². The number of pyridine rings is 2. The van der Waals surface area contributed by atoms with Crippen molar-refractivity contribution in [2.24, 2.45) is 0 Å². The van der Waals surface area contributed by atoms with Crippen molar-refractivity contribution in [1.82, 2.24) is 19.9 Å². The first kappa shape index (κ1) is 15.9. The van der Waals surface area contributed by atoms with Crippen molar-refractivity contribution in [2.75, 3.05) is 6.26 Å². The normalized spacial score (nSPS) is 12.3. The van der Waals surface area contributed by atoms with Crippen LogP contribution in [0.1, 0.15) is 0 Å². The van der Waals surface area contributed by atoms with Crippen molar-refractivity contribution in [2.45, 2.75) is 0 Å². The van der Waals surface area contributed by atoms with Crippen molar-refractivity contribution in [3.8, 4) is 17.0 Å². The second kappa shape index (κ2) is 6.23. The molecule has 0 fully saturated rings. The number of fused-ring (bicyclic) bond motifs is 1. The van der Waals surface area contributed by atoms with E-state index < -0.39 is 16.6 Å². The molecule has 3 rings (SSSR count). The summed E-state index contributed by atoms with van der Waals surface area (Å²) >= 11 is 10.3. The van der Waals surface area contributed by atoms with E-state index >= 15 is 0 Å². The number of aromatic nitrogens is 4. The second-order valence-electron chi connectivity index (χ2n) is 4.38. The molecule has 118 valence electrons. The fourth-order valence-electron chi connectivity index (χ4n) is 2.00. The molecule has 0 aromatic carbocycles. The molecule has 1 unspecified atom stereocenters. The predicted molar refractivity (Wildman–Crippen MR) is 88.1 cm³/mol. The van der Waals surface area contributed by atoms with Gasteiger partial charge in [0, 0.05) is 24.8 Å². The van der Waals surface area contributed by atoms with Gasteiger partial charge in [-0.3, -0.25) is 9.78 Å². The Hall–Kier alpha value is -2.03. The van der Waals surface area contributed by atoms with Gasteiger partial charge in [0.15, 0.2) is 16.9 Å². The topological polar surface area (TPSA) is 97.8 Å². The van der Waals surface area contributed by atoms with Crippen LogP contribution in [0.2, 0.25) is 10.0 Å². The minimum absolute atomic E-state index is 0.00518. The molecular formula is C13H8Cl2N4O3S. The van der Waals surface area contributed by atoms with Gasteiger partial charge in [0.05, 0.1) is 15.7 Å². The highest BCUT2D eigenvalue weighted by molar-refractivity contribution is 7.79. The number of halogens is 2. The summed E-state index contributed by atoms with van der Waals surface area (Å²) < 4.78 is 16.8. The van der Waals surface area contributed by atoms with E-state index in [-0.39, 0.29) is 33.2 Å². The van der Waals surface area contributed by atoms with Gasteiger partial charge in [0.2, 0.25) is 11.1 Å². The van der Waals surface area contributed by atoms with E-state index in [0.29, 0.717) is 5.02 Å². The smallest absolute Gasteiger partial charge is 0.263 e. The number of rotatable bonds is 3. The van der Waals surface area contributed by atoms with Gasteiger partial charge in [-0.1, -0.05) is 23.2 Å². The maximum atomic E-state index is 12.4. The molecule has 3 heterocycles. The van der Waals surface area contributed by atoms with Crippen LogP contribution >= 0.6 is 23.2 Å². The minimum Gasteiger partial charge on any atom is -0.397 e. The zero-order valence-corrected chi connectivity index (χ0v) is 13.9. The fraction of sp³-hybridized carbons (Fsp3) is 0.0769. The van der Waals surface area contributed by atoms with Gasteiger partial charge >= 0.3 is 0 Å². The molecule has 0 aliphatic heterocycles. The van der Waals surface area contributed by atoms with Crippen LogP contribution in [-0.4, -0.2) is 30.4 Å². The molecule has 0 spiro atoms. The largest absolute Gasteiger partial charge is 0.397 e. The zero-order valence-electron chi connectivity index (χ0n) is 11.5. The van der Waals surface area contributed by atoms with Crippen LogP contribution in [0.15, 0.2) is 29.5 Å². The third-order valence-electron chi connectivity index (χ3n) is 2.84. The first-order valence-electron chi connectivity index (χ1n) is 6.17. The molecule has 3 aromatic rings. The average Bonchev–Trinajstić information content (AvgIpc) is 2.48. The van der Waals surface area contributed by atoms with Crippen LogP contribution in [0.25, 0.3) is 22.4 Å². The number of hydrogen-bond donors (Lipinski definition) is 1. The number of nitrogens with zero attached hydrogens (tertiary/aromatic N) is 3. The molecule has 1 N–H and O–H groups in total. The van der Waals surface area contributed by atoms with Crippen molar-refractivity contribution >= 4 is 45.4 Å². The molecule has 0 bridgehead atoms. The number of aromatic amines is 1. The molecule has 0 saturated carbocycles. The van der Waals surface area contributed by atoms with E-state index in [0.717, 1.165) is 0 Å². The van der Waals surface area contributed by atoms with Crippen molar-refractivity contribution in [3.63, 3.8) is 0 Å². The summed E-state index contributed by atoms with van der Waals surface area (Å²) in [6.07, 6.45) is 5.50. The first-order valence-corrected chi connectivity index (χ1v) is 8.41. The lowest BCUT2D eigenvalue weighted by Crippen LogP contribution is -2.14. The molecule has 3 aromatic heterocycles. The summed E-state index contributed by atoms with van der Waals surface area (Å²) in [5.41, 5.74) is 0.0484. The van der Waals surface area contributed by atoms with E-state index in [1.54, 1.807) is 0 Å². The van der Waals surface area contributed by atoms with E-state index in [1.165, 1.54) is 30.9 Å². The SMILES string of the molecule is CS(=O)Oc1c(-c2ncc(Cl)cc2Cl)c(=O)[nH]c2nccnc12. The lowest BCUT2D eigenvalue weighted by molar-refractivity contribution is 0.571. The number of nitrogens with one attached hydrogen (secondary N) is 1. The quantitative estimate of drug-likeness (QED) is 0.759. The van der Waals surface area contributed by atoms with E-state index in [2.05, 4.69) is 19.9 Å². The molecule has 0 aliphatic carbocycles. The fourth-order valence-corrected chi connectivity index (χ4v) is 2.87. The second-order valence-corrected chi connectivity index (χ2v) is 6.19. The highest BCUT2D eigenvalue weighted by Crippen LogP contribution is 2.35. The van der Waals surface area contributed by atoms with E-state index in [4.69, 9.17) is 27.4 Å². The maximum Gasteiger partial charge on any atom is 0.263 e. The molecule has 0 saturated heterocycles. The predicted octanol–water partition coefficient (Wildman–Crippen LogP) is 2.36. The molecule has 10 heteroatoms. The summed E-state index contributed by atoms with van der Waals surface area (Å²) in [6, 6.07) is 1.44. The van der Waals surface area contributed by atoms with Crippen LogP contribution in [-0.2, 0) is 11.1 Å². The summed E-state index contributed by atoms with van der Waals surface area (Å²) in [4.78, 5) is 27.2. The van der Waals surface area contributed by atoms with Gasteiger partial charge in [0.1, 0.15) is 5.56 Å². The monoisotopic (exact) mass is 370 g/mol. The third kappa shape index (κ3) is 3.05. The Morgan fingerprint density at radius 3 is 2.65 bits per heavy atom. The van der Waals surface area contributed by atoms with Crippen molar-refractivity contribution in [3.05, 3.63) is 45.1 Å². The highest BCUT2D eigenvalue weighted by Gasteiger charge is 2.22. The lowest BCUT2D eigenvalue weighted by Gasteiger charge is -2.11. The zero-order chi connectivity index (χ0) is 16.6. The third-order valence-corrected chi connectivity index (χ3v) is 3.74. The molecule has 7 nitrogen and oxygen atoms in total. The lowest BCUT2D eigenvalue weighted by atomic mass is 10.1. The Balaban J connectivity index is 2.41. The van der Waals surface area contributed by atoms with Crippen molar-refractivity contribution in [1.29, 1.82) is 0 Å². The molecule has 23 heavy (non-hydrogen) atoms. The van der Waals surface area contributed by atoms with Gasteiger partial charge < -0.3 is 9.17 Å². The first-order chi connectivity index (χ1) is 11.0. The maximum absolute atomic E-state index is 12.4. The van der Waals surface area contributed by atoms with Gasteiger partial charge in [-0.2, -0.15) is 0 Å². The van der Waals surface area contributed by atoms with Gasteiger partial charge in [-0.25, -0.2) is 14.2 Å². The molecule has 0 radical (unpaired) electrons. The molecule has 0 amide bonds. The Morgan fingerprint density at radius 1 is 1.22 bits per heavy atom.